The maximum absolute atomic E-state index is 11.5. The maximum Gasteiger partial charge on any atom is 0.167 e. The number of hydrogen-bond acceptors (Lipinski definition) is 3. The molecule has 3 nitrogen and oxygen atoms in total. The zero-order valence-electron chi connectivity index (χ0n) is 8.14. The Balaban J connectivity index is 2.51. The van der Waals surface area contributed by atoms with Gasteiger partial charge in [0.25, 0.3) is 0 Å². The van der Waals surface area contributed by atoms with E-state index in [1.165, 1.54) is 0 Å². The molecule has 0 saturated heterocycles. The number of Topliss-reactive ketones (excluding diaryl/α,β-unsaturated/α-hetero) is 1. The number of ether oxygens (including phenoxy) is 1. The SMILES string of the molecule is CCOC(O)CC(=O)c1ccccc1. The second kappa shape index (κ2) is 5.52. The van der Waals surface area contributed by atoms with Gasteiger partial charge in [-0.25, -0.2) is 0 Å². The molecule has 0 aliphatic carbocycles. The van der Waals surface area contributed by atoms with E-state index in [1.807, 2.05) is 6.07 Å². The third-order valence-electron chi connectivity index (χ3n) is 1.81. The number of carbonyl (C=O) groups is 1. The summed E-state index contributed by atoms with van der Waals surface area (Å²) in [6, 6.07) is 8.87. The van der Waals surface area contributed by atoms with Crippen LogP contribution in [0.1, 0.15) is 23.7 Å². The molecule has 0 fully saturated rings. The first-order chi connectivity index (χ1) is 6.74. The monoisotopic (exact) mass is 194 g/mol. The Hall–Kier alpha value is -1.19. The molecule has 1 atom stereocenters. The molecule has 1 rings (SSSR count). The van der Waals surface area contributed by atoms with Crippen molar-refractivity contribution in [3.8, 4) is 0 Å². The van der Waals surface area contributed by atoms with Crippen molar-refractivity contribution in [3.05, 3.63) is 35.9 Å². The molecule has 1 aromatic carbocycles. The molecular formula is C11H14O3. The molecule has 0 saturated carbocycles. The fourth-order valence-corrected chi connectivity index (χ4v) is 1.15. The molecule has 0 aromatic heterocycles. The number of rotatable bonds is 5. The lowest BCUT2D eigenvalue weighted by Gasteiger charge is -2.08. The summed E-state index contributed by atoms with van der Waals surface area (Å²) in [6.07, 6.45) is -0.981. The molecule has 0 aliphatic heterocycles. The van der Waals surface area contributed by atoms with E-state index >= 15 is 0 Å². The minimum Gasteiger partial charge on any atom is -0.368 e. The number of carbonyl (C=O) groups excluding carboxylic acids is 1. The minimum atomic E-state index is -0.993. The number of hydrogen-bond donors (Lipinski definition) is 1. The van der Waals surface area contributed by atoms with Crippen LogP contribution in [0.15, 0.2) is 30.3 Å². The standard InChI is InChI=1S/C11H14O3/c1-2-14-11(13)8-10(12)9-6-4-3-5-7-9/h3-7,11,13H,2,8H2,1H3. The van der Waals surface area contributed by atoms with E-state index in [0.717, 1.165) is 0 Å². The van der Waals surface area contributed by atoms with Gasteiger partial charge >= 0.3 is 0 Å². The number of aliphatic hydroxyl groups excluding tert-OH is 1. The Morgan fingerprint density at radius 2 is 2.07 bits per heavy atom. The molecule has 1 aromatic rings. The number of ketones is 1. The van der Waals surface area contributed by atoms with Crippen LogP contribution in [0.25, 0.3) is 0 Å². The van der Waals surface area contributed by atoms with Gasteiger partial charge in [0.15, 0.2) is 12.1 Å². The van der Waals surface area contributed by atoms with Crippen molar-refractivity contribution < 1.29 is 14.6 Å². The predicted octanol–water partition coefficient (Wildman–Crippen LogP) is 1.61. The molecule has 0 radical (unpaired) electrons. The first-order valence-electron chi connectivity index (χ1n) is 4.62. The molecule has 76 valence electrons. The summed E-state index contributed by atoms with van der Waals surface area (Å²) in [5, 5.41) is 9.24. The van der Waals surface area contributed by atoms with Crippen molar-refractivity contribution in [2.24, 2.45) is 0 Å². The highest BCUT2D eigenvalue weighted by molar-refractivity contribution is 5.96. The maximum atomic E-state index is 11.5. The summed E-state index contributed by atoms with van der Waals surface area (Å²) in [5.74, 6) is -0.105. The normalized spacial score (nSPS) is 12.4. The van der Waals surface area contributed by atoms with E-state index in [1.54, 1.807) is 31.2 Å². The molecule has 0 amide bonds. The van der Waals surface area contributed by atoms with Crippen LogP contribution >= 0.6 is 0 Å². The molecule has 1 unspecified atom stereocenters. The van der Waals surface area contributed by atoms with E-state index in [2.05, 4.69) is 0 Å². The second-order valence-electron chi connectivity index (χ2n) is 2.90. The van der Waals surface area contributed by atoms with Crippen molar-refractivity contribution in [3.63, 3.8) is 0 Å². The van der Waals surface area contributed by atoms with Crippen LogP contribution in [0, 0.1) is 0 Å². The van der Waals surface area contributed by atoms with Gasteiger partial charge in [-0.2, -0.15) is 0 Å². The van der Waals surface area contributed by atoms with Crippen molar-refractivity contribution in [1.82, 2.24) is 0 Å². The largest absolute Gasteiger partial charge is 0.368 e. The Morgan fingerprint density at radius 1 is 1.43 bits per heavy atom. The summed E-state index contributed by atoms with van der Waals surface area (Å²) >= 11 is 0. The zero-order chi connectivity index (χ0) is 10.4. The number of benzene rings is 1. The van der Waals surface area contributed by atoms with Crippen LogP contribution in [0.4, 0.5) is 0 Å². The molecule has 1 N–H and O–H groups in total. The summed E-state index contributed by atoms with van der Waals surface area (Å²) < 4.78 is 4.87. The van der Waals surface area contributed by atoms with Crippen molar-refractivity contribution >= 4 is 5.78 Å². The Morgan fingerprint density at radius 3 is 2.64 bits per heavy atom. The Labute approximate surface area is 83.3 Å². The highest BCUT2D eigenvalue weighted by Gasteiger charge is 2.11. The van der Waals surface area contributed by atoms with Crippen molar-refractivity contribution in [2.75, 3.05) is 6.61 Å². The minimum absolute atomic E-state index is 0.0118. The molecule has 14 heavy (non-hydrogen) atoms. The van der Waals surface area contributed by atoms with Gasteiger partial charge in [0.1, 0.15) is 0 Å². The van der Waals surface area contributed by atoms with Gasteiger partial charge in [-0.15, -0.1) is 0 Å². The van der Waals surface area contributed by atoms with Gasteiger partial charge in [0.2, 0.25) is 0 Å². The summed E-state index contributed by atoms with van der Waals surface area (Å²) in [7, 11) is 0. The average Bonchev–Trinajstić information content (AvgIpc) is 2.19. The van der Waals surface area contributed by atoms with Gasteiger partial charge in [-0.05, 0) is 6.92 Å². The third-order valence-corrected chi connectivity index (χ3v) is 1.81. The lowest BCUT2D eigenvalue weighted by atomic mass is 10.1. The molecule has 0 aliphatic rings. The first kappa shape index (κ1) is 10.9. The van der Waals surface area contributed by atoms with Gasteiger partial charge in [0.05, 0.1) is 6.42 Å². The fraction of sp³-hybridized carbons (Fsp3) is 0.364. The number of aliphatic hydroxyl groups is 1. The van der Waals surface area contributed by atoms with Crippen LogP contribution in [0.2, 0.25) is 0 Å². The second-order valence-corrected chi connectivity index (χ2v) is 2.90. The van der Waals surface area contributed by atoms with Gasteiger partial charge < -0.3 is 9.84 Å². The average molecular weight is 194 g/mol. The quantitative estimate of drug-likeness (QED) is 0.572. The van der Waals surface area contributed by atoms with Crippen LogP contribution in [-0.4, -0.2) is 23.8 Å². The summed E-state index contributed by atoms with van der Waals surface area (Å²) in [6.45, 7) is 2.18. The predicted molar refractivity (Wildman–Crippen MR) is 53.0 cm³/mol. The molecule has 0 spiro atoms. The van der Waals surface area contributed by atoms with Crippen LogP contribution < -0.4 is 0 Å². The van der Waals surface area contributed by atoms with Crippen LogP contribution in [0.5, 0.6) is 0 Å². The van der Waals surface area contributed by atoms with Crippen molar-refractivity contribution in [1.29, 1.82) is 0 Å². The summed E-state index contributed by atoms with van der Waals surface area (Å²) in [4.78, 5) is 11.5. The Bertz CT molecular complexity index is 282. The first-order valence-corrected chi connectivity index (χ1v) is 4.62. The highest BCUT2D eigenvalue weighted by atomic mass is 16.6. The van der Waals surface area contributed by atoms with E-state index < -0.39 is 6.29 Å². The molecular weight excluding hydrogens is 180 g/mol. The fourth-order valence-electron chi connectivity index (χ4n) is 1.15. The molecule has 0 bridgehead atoms. The topological polar surface area (TPSA) is 46.5 Å². The summed E-state index contributed by atoms with van der Waals surface area (Å²) in [5.41, 5.74) is 0.603. The Kier molecular flexibility index (Phi) is 4.29. The van der Waals surface area contributed by atoms with E-state index in [0.29, 0.717) is 12.2 Å². The van der Waals surface area contributed by atoms with E-state index in [9.17, 15) is 9.90 Å². The van der Waals surface area contributed by atoms with Gasteiger partial charge in [-0.1, -0.05) is 30.3 Å². The van der Waals surface area contributed by atoms with Gasteiger partial charge in [0, 0.05) is 12.2 Å². The smallest absolute Gasteiger partial charge is 0.167 e. The van der Waals surface area contributed by atoms with E-state index in [4.69, 9.17) is 4.74 Å². The zero-order valence-corrected chi connectivity index (χ0v) is 8.14. The van der Waals surface area contributed by atoms with Crippen LogP contribution in [0.3, 0.4) is 0 Å². The third kappa shape index (κ3) is 3.28. The lowest BCUT2D eigenvalue weighted by molar-refractivity contribution is -0.0919. The van der Waals surface area contributed by atoms with Gasteiger partial charge in [-0.3, -0.25) is 4.79 Å². The molecule has 0 heterocycles. The van der Waals surface area contributed by atoms with Crippen LogP contribution in [-0.2, 0) is 4.74 Å². The lowest BCUT2D eigenvalue weighted by Crippen LogP contribution is -2.17. The van der Waals surface area contributed by atoms with Crippen molar-refractivity contribution in [2.45, 2.75) is 19.6 Å². The van der Waals surface area contributed by atoms with E-state index in [-0.39, 0.29) is 12.2 Å². The highest BCUT2D eigenvalue weighted by Crippen LogP contribution is 2.05. The molecule has 3 heteroatoms.